The molecule has 3 aromatic rings. The Bertz CT molecular complexity index is 1170. The predicted octanol–water partition coefficient (Wildman–Crippen LogP) is 4.88. The lowest BCUT2D eigenvalue weighted by atomic mass is 10.0. The summed E-state index contributed by atoms with van der Waals surface area (Å²) in [6, 6.07) is 14.3. The van der Waals surface area contributed by atoms with E-state index < -0.39 is 23.5 Å². The van der Waals surface area contributed by atoms with Crippen molar-refractivity contribution in [3.8, 4) is 11.5 Å². The second-order valence-electron chi connectivity index (χ2n) is 6.91. The van der Waals surface area contributed by atoms with E-state index in [0.717, 1.165) is 0 Å². The Balaban J connectivity index is 1.89. The molecule has 29 heavy (non-hydrogen) atoms. The van der Waals surface area contributed by atoms with Gasteiger partial charge in [-0.3, -0.25) is 0 Å². The first-order valence-electron chi connectivity index (χ1n) is 8.90. The van der Waals surface area contributed by atoms with Gasteiger partial charge in [0.05, 0.1) is 0 Å². The van der Waals surface area contributed by atoms with Crippen molar-refractivity contribution in [2.45, 2.75) is 19.6 Å². The standard InChI is InChI=1S/C23H17FO5/c1-13(2)21(25)27-20-17-7-5-4-6-14(17)12-18-19(20)22(26)29-23(3,28-18)15-8-10-16(24)11-9-15/h4-12H,1H2,2-3H3. The fourth-order valence-corrected chi connectivity index (χ4v) is 3.18. The van der Waals surface area contributed by atoms with Crippen molar-refractivity contribution in [3.05, 3.63) is 83.7 Å². The fraction of sp³-hybridized carbons (Fsp3) is 0.130. The number of carbonyl (C=O) groups is 2. The highest BCUT2D eigenvalue weighted by Gasteiger charge is 2.42. The number of ether oxygens (including phenoxy) is 3. The van der Waals surface area contributed by atoms with Crippen molar-refractivity contribution < 1.29 is 28.2 Å². The van der Waals surface area contributed by atoms with Gasteiger partial charge < -0.3 is 14.2 Å². The third-order valence-electron chi connectivity index (χ3n) is 4.67. The average molecular weight is 392 g/mol. The number of benzene rings is 3. The van der Waals surface area contributed by atoms with Crippen molar-refractivity contribution in [1.29, 1.82) is 0 Å². The van der Waals surface area contributed by atoms with Gasteiger partial charge in [0.1, 0.15) is 17.1 Å². The molecule has 0 fully saturated rings. The van der Waals surface area contributed by atoms with E-state index in [0.29, 0.717) is 16.3 Å². The largest absolute Gasteiger partial charge is 0.447 e. The molecule has 1 aliphatic heterocycles. The molecule has 0 saturated heterocycles. The average Bonchev–Trinajstić information content (AvgIpc) is 2.67. The molecule has 0 aliphatic carbocycles. The first kappa shape index (κ1) is 18.7. The molecule has 0 bridgehead atoms. The van der Waals surface area contributed by atoms with Crippen molar-refractivity contribution >= 4 is 22.7 Å². The van der Waals surface area contributed by atoms with Crippen molar-refractivity contribution in [2.24, 2.45) is 0 Å². The SMILES string of the molecule is C=C(C)C(=O)Oc1c2c(cc3ccccc13)OC(C)(c1ccc(F)cc1)OC2=O. The molecule has 6 heteroatoms. The van der Waals surface area contributed by atoms with E-state index in [1.807, 2.05) is 12.1 Å². The monoisotopic (exact) mass is 392 g/mol. The van der Waals surface area contributed by atoms with Crippen LogP contribution in [0.3, 0.4) is 0 Å². The van der Waals surface area contributed by atoms with Crippen molar-refractivity contribution in [3.63, 3.8) is 0 Å². The van der Waals surface area contributed by atoms with Crippen LogP contribution in [0, 0.1) is 5.82 Å². The lowest BCUT2D eigenvalue weighted by Crippen LogP contribution is -2.39. The molecule has 1 aliphatic rings. The molecule has 0 radical (unpaired) electrons. The van der Waals surface area contributed by atoms with E-state index in [1.165, 1.54) is 31.2 Å². The zero-order valence-electron chi connectivity index (χ0n) is 15.8. The third kappa shape index (κ3) is 3.23. The molecule has 1 atom stereocenters. The molecule has 5 nitrogen and oxygen atoms in total. The molecule has 0 N–H and O–H groups in total. The number of halogens is 1. The molecule has 3 aromatic carbocycles. The molecule has 0 saturated carbocycles. The lowest BCUT2D eigenvalue weighted by Gasteiger charge is -2.35. The van der Waals surface area contributed by atoms with E-state index in [4.69, 9.17) is 14.2 Å². The third-order valence-corrected chi connectivity index (χ3v) is 4.67. The molecular formula is C23H17FO5. The summed E-state index contributed by atoms with van der Waals surface area (Å²) < 4.78 is 30.4. The predicted molar refractivity (Wildman–Crippen MR) is 104 cm³/mol. The van der Waals surface area contributed by atoms with Gasteiger partial charge in [0, 0.05) is 23.4 Å². The smallest absolute Gasteiger partial charge is 0.349 e. The van der Waals surface area contributed by atoms with Gasteiger partial charge >= 0.3 is 11.9 Å². The van der Waals surface area contributed by atoms with Gasteiger partial charge in [0.25, 0.3) is 5.79 Å². The van der Waals surface area contributed by atoms with Crippen LogP contribution in [0.25, 0.3) is 10.8 Å². The first-order chi connectivity index (χ1) is 13.8. The highest BCUT2D eigenvalue weighted by molar-refractivity contribution is 6.06. The van der Waals surface area contributed by atoms with Gasteiger partial charge in [0.15, 0.2) is 5.75 Å². The number of cyclic esters (lactones) is 1. The highest BCUT2D eigenvalue weighted by Crippen LogP contribution is 2.45. The van der Waals surface area contributed by atoms with Gasteiger partial charge in [-0.2, -0.15) is 0 Å². The van der Waals surface area contributed by atoms with Crippen molar-refractivity contribution in [2.75, 3.05) is 0 Å². The van der Waals surface area contributed by atoms with Gasteiger partial charge in [-0.05, 0) is 42.6 Å². The Hall–Kier alpha value is -3.67. The summed E-state index contributed by atoms with van der Waals surface area (Å²) in [5, 5.41) is 1.28. The van der Waals surface area contributed by atoms with Crippen LogP contribution in [0.4, 0.5) is 4.39 Å². The fourth-order valence-electron chi connectivity index (χ4n) is 3.18. The molecule has 0 aromatic heterocycles. The molecule has 1 unspecified atom stereocenters. The molecule has 0 amide bonds. The normalized spacial score (nSPS) is 17.8. The van der Waals surface area contributed by atoms with Crippen molar-refractivity contribution in [1.82, 2.24) is 0 Å². The summed E-state index contributed by atoms with van der Waals surface area (Å²) in [5.74, 6) is -3.00. The summed E-state index contributed by atoms with van der Waals surface area (Å²) in [7, 11) is 0. The number of rotatable bonds is 3. The topological polar surface area (TPSA) is 61.8 Å². The van der Waals surface area contributed by atoms with Crippen LogP contribution >= 0.6 is 0 Å². The van der Waals surface area contributed by atoms with Crippen LogP contribution in [-0.4, -0.2) is 11.9 Å². The number of fused-ring (bicyclic) bond motifs is 2. The van der Waals surface area contributed by atoms with Crippen LogP contribution in [0.5, 0.6) is 11.5 Å². The van der Waals surface area contributed by atoms with Crippen LogP contribution in [0.2, 0.25) is 0 Å². The molecular weight excluding hydrogens is 375 g/mol. The summed E-state index contributed by atoms with van der Waals surface area (Å²) in [5.41, 5.74) is 0.664. The van der Waals surface area contributed by atoms with Gasteiger partial charge in [-0.25, -0.2) is 14.0 Å². The summed E-state index contributed by atoms with van der Waals surface area (Å²) in [6.45, 7) is 6.66. The number of hydrogen-bond donors (Lipinski definition) is 0. The van der Waals surface area contributed by atoms with Crippen LogP contribution in [0.15, 0.2) is 66.7 Å². The Morgan fingerprint density at radius 3 is 2.48 bits per heavy atom. The molecule has 146 valence electrons. The minimum Gasteiger partial charge on any atom is -0.447 e. The van der Waals surface area contributed by atoms with E-state index >= 15 is 0 Å². The zero-order chi connectivity index (χ0) is 20.8. The van der Waals surface area contributed by atoms with E-state index in [2.05, 4.69) is 6.58 Å². The van der Waals surface area contributed by atoms with Gasteiger partial charge in [0.2, 0.25) is 0 Å². The zero-order valence-corrected chi connectivity index (χ0v) is 15.8. The maximum absolute atomic E-state index is 13.3. The number of carbonyl (C=O) groups excluding carboxylic acids is 2. The highest BCUT2D eigenvalue weighted by atomic mass is 19.1. The molecule has 0 spiro atoms. The van der Waals surface area contributed by atoms with E-state index in [-0.39, 0.29) is 22.6 Å². The lowest BCUT2D eigenvalue weighted by molar-refractivity contribution is -0.148. The van der Waals surface area contributed by atoms with Crippen LogP contribution in [-0.2, 0) is 15.3 Å². The minimum absolute atomic E-state index is 0.0119. The Morgan fingerprint density at radius 1 is 1.10 bits per heavy atom. The molecule has 4 rings (SSSR count). The Morgan fingerprint density at radius 2 is 1.79 bits per heavy atom. The molecule has 1 heterocycles. The first-order valence-corrected chi connectivity index (χ1v) is 8.90. The Kier molecular flexibility index (Phi) is 4.34. The summed E-state index contributed by atoms with van der Waals surface area (Å²) in [6.07, 6.45) is 0. The number of hydrogen-bond acceptors (Lipinski definition) is 5. The maximum atomic E-state index is 13.3. The summed E-state index contributed by atoms with van der Waals surface area (Å²) >= 11 is 0. The van der Waals surface area contributed by atoms with E-state index in [9.17, 15) is 14.0 Å². The second-order valence-corrected chi connectivity index (χ2v) is 6.91. The second kappa shape index (κ2) is 6.74. The Labute approximate surface area is 166 Å². The quantitative estimate of drug-likeness (QED) is 0.361. The van der Waals surface area contributed by atoms with E-state index in [1.54, 1.807) is 25.1 Å². The van der Waals surface area contributed by atoms with Crippen LogP contribution in [0.1, 0.15) is 29.8 Å². The number of esters is 2. The van der Waals surface area contributed by atoms with Gasteiger partial charge in [-0.15, -0.1) is 0 Å². The minimum atomic E-state index is -1.46. The maximum Gasteiger partial charge on any atom is 0.349 e. The van der Waals surface area contributed by atoms with Crippen LogP contribution < -0.4 is 9.47 Å². The summed E-state index contributed by atoms with van der Waals surface area (Å²) in [4.78, 5) is 25.1. The van der Waals surface area contributed by atoms with Gasteiger partial charge in [-0.1, -0.05) is 30.8 Å².